The number of hydrogen-bond donors (Lipinski definition) is 1. The van der Waals surface area contributed by atoms with Gasteiger partial charge in [0.15, 0.2) is 5.78 Å². The molecule has 0 bridgehead atoms. The molecule has 2 rings (SSSR count). The van der Waals surface area contributed by atoms with Gasteiger partial charge < -0.3 is 9.84 Å². The van der Waals surface area contributed by atoms with Gasteiger partial charge >= 0.3 is 0 Å². The number of hydrogen-bond acceptors (Lipinski definition) is 4. The molecule has 0 aromatic heterocycles. The highest BCUT2D eigenvalue weighted by Gasteiger charge is 2.45. The Hall–Kier alpha value is -0.0600. The molecule has 4 heteroatoms. The lowest BCUT2D eigenvalue weighted by Crippen LogP contribution is -2.49. The number of ketones is 1. The highest BCUT2D eigenvalue weighted by atomic mass is 32.2. The Balaban J connectivity index is 2.06. The van der Waals surface area contributed by atoms with Crippen molar-refractivity contribution in [3.8, 4) is 0 Å². The van der Waals surface area contributed by atoms with Crippen molar-refractivity contribution in [2.45, 2.75) is 63.6 Å². The molecule has 2 heterocycles. The van der Waals surface area contributed by atoms with Crippen molar-refractivity contribution in [1.29, 1.82) is 0 Å². The first-order valence-corrected chi connectivity index (χ1v) is 8.69. The van der Waals surface area contributed by atoms with Crippen molar-refractivity contribution in [2.75, 3.05) is 18.1 Å². The predicted molar refractivity (Wildman–Crippen MR) is 78.5 cm³/mol. The van der Waals surface area contributed by atoms with E-state index in [4.69, 9.17) is 4.74 Å². The van der Waals surface area contributed by atoms with Gasteiger partial charge in [-0.3, -0.25) is 4.79 Å². The molecule has 1 spiro atoms. The van der Waals surface area contributed by atoms with Crippen LogP contribution < -0.4 is 0 Å². The number of carbonyl (C=O) groups excluding carboxylic acids is 1. The van der Waals surface area contributed by atoms with Gasteiger partial charge in [0.2, 0.25) is 0 Å². The Bertz CT molecular complexity index is 314. The summed E-state index contributed by atoms with van der Waals surface area (Å²) in [6.07, 6.45) is 4.73. The molecule has 2 aliphatic rings. The monoisotopic (exact) mass is 286 g/mol. The van der Waals surface area contributed by atoms with Crippen LogP contribution in [-0.2, 0) is 9.53 Å². The maximum Gasteiger partial charge on any atom is 0.167 e. The zero-order valence-electron chi connectivity index (χ0n) is 12.1. The Morgan fingerprint density at radius 1 is 1.37 bits per heavy atom. The lowest BCUT2D eigenvalue weighted by atomic mass is 9.75. The first-order chi connectivity index (χ1) is 9.05. The van der Waals surface area contributed by atoms with Crippen molar-refractivity contribution >= 4 is 17.5 Å². The molecule has 0 saturated carbocycles. The van der Waals surface area contributed by atoms with Crippen LogP contribution in [0.4, 0.5) is 0 Å². The quantitative estimate of drug-likeness (QED) is 0.863. The first-order valence-electron chi connectivity index (χ1n) is 7.54. The third kappa shape index (κ3) is 3.17. The molecule has 0 aliphatic carbocycles. The third-order valence-electron chi connectivity index (χ3n) is 4.90. The topological polar surface area (TPSA) is 46.5 Å². The highest BCUT2D eigenvalue weighted by molar-refractivity contribution is 7.99. The highest BCUT2D eigenvalue weighted by Crippen LogP contribution is 2.41. The van der Waals surface area contributed by atoms with E-state index < -0.39 is 5.60 Å². The van der Waals surface area contributed by atoms with Gasteiger partial charge in [-0.2, -0.15) is 11.8 Å². The predicted octanol–water partition coefficient (Wildman–Crippen LogP) is 2.80. The second-order valence-electron chi connectivity index (χ2n) is 5.94. The summed E-state index contributed by atoms with van der Waals surface area (Å²) in [5.41, 5.74) is -1.20. The van der Waals surface area contributed by atoms with Crippen LogP contribution in [0.5, 0.6) is 0 Å². The number of aliphatic hydroxyl groups is 1. The number of ether oxygens (including phenoxy) is 1. The lowest BCUT2D eigenvalue weighted by molar-refractivity contribution is -0.155. The Morgan fingerprint density at radius 3 is 2.58 bits per heavy atom. The van der Waals surface area contributed by atoms with Crippen molar-refractivity contribution in [2.24, 2.45) is 5.92 Å². The second-order valence-corrected chi connectivity index (χ2v) is 7.16. The van der Waals surface area contributed by atoms with Crippen LogP contribution in [0.3, 0.4) is 0 Å². The second kappa shape index (κ2) is 6.15. The summed E-state index contributed by atoms with van der Waals surface area (Å²) in [6.45, 7) is 4.46. The molecule has 0 aromatic carbocycles. The van der Waals surface area contributed by atoms with Crippen LogP contribution >= 0.6 is 11.8 Å². The van der Waals surface area contributed by atoms with E-state index in [9.17, 15) is 9.90 Å². The Kier molecular flexibility index (Phi) is 4.96. The van der Waals surface area contributed by atoms with Crippen molar-refractivity contribution in [3.05, 3.63) is 0 Å². The van der Waals surface area contributed by atoms with Gasteiger partial charge in [0, 0.05) is 12.5 Å². The molecule has 1 atom stereocenters. The van der Waals surface area contributed by atoms with Gasteiger partial charge in [-0.1, -0.05) is 13.8 Å². The van der Waals surface area contributed by atoms with Crippen LogP contribution in [0.15, 0.2) is 0 Å². The minimum absolute atomic E-state index is 0.0123. The molecule has 3 nitrogen and oxygen atoms in total. The molecule has 0 radical (unpaired) electrons. The fourth-order valence-corrected chi connectivity index (χ4v) is 4.56. The van der Waals surface area contributed by atoms with Crippen LogP contribution in [0.25, 0.3) is 0 Å². The maximum atomic E-state index is 12.6. The molecule has 1 unspecified atom stereocenters. The van der Waals surface area contributed by atoms with Gasteiger partial charge in [0.25, 0.3) is 0 Å². The first kappa shape index (κ1) is 15.3. The van der Waals surface area contributed by atoms with Crippen LogP contribution in [0, 0.1) is 5.92 Å². The number of thioether (sulfide) groups is 1. The van der Waals surface area contributed by atoms with Crippen LogP contribution in [0.2, 0.25) is 0 Å². The normalized spacial score (nSPS) is 27.4. The minimum atomic E-state index is -1.12. The Morgan fingerprint density at radius 2 is 2.00 bits per heavy atom. The minimum Gasteiger partial charge on any atom is -0.382 e. The van der Waals surface area contributed by atoms with Crippen molar-refractivity contribution in [1.82, 2.24) is 0 Å². The molecule has 2 aliphatic heterocycles. The van der Waals surface area contributed by atoms with Crippen LogP contribution in [-0.4, -0.2) is 40.2 Å². The number of rotatable bonds is 4. The average molecular weight is 286 g/mol. The van der Waals surface area contributed by atoms with E-state index in [1.165, 1.54) is 0 Å². The summed E-state index contributed by atoms with van der Waals surface area (Å²) >= 11 is 1.97. The zero-order chi connectivity index (χ0) is 13.9. The molecular weight excluding hydrogens is 260 g/mol. The molecule has 2 fully saturated rings. The standard InChI is InChI=1S/C15H26O3S/c1-3-15(17,4-2)13(16)12-5-8-18-14(11-12)6-9-19-10-7-14/h12,17H,3-11H2,1-2H3. The van der Waals surface area contributed by atoms with Gasteiger partial charge in [0.1, 0.15) is 5.60 Å². The summed E-state index contributed by atoms with van der Waals surface area (Å²) in [5.74, 6) is 2.31. The summed E-state index contributed by atoms with van der Waals surface area (Å²) in [5, 5.41) is 10.4. The van der Waals surface area contributed by atoms with E-state index in [0.717, 1.165) is 37.2 Å². The molecule has 1 N–H and O–H groups in total. The average Bonchev–Trinajstić information content (AvgIpc) is 2.46. The smallest absolute Gasteiger partial charge is 0.167 e. The van der Waals surface area contributed by atoms with E-state index in [1.54, 1.807) is 0 Å². The van der Waals surface area contributed by atoms with Crippen molar-refractivity contribution < 1.29 is 14.6 Å². The number of Topliss-reactive ketones (excluding diaryl/α,β-unsaturated/α-hetero) is 1. The molecule has 19 heavy (non-hydrogen) atoms. The van der Waals surface area contributed by atoms with E-state index in [1.807, 2.05) is 25.6 Å². The van der Waals surface area contributed by atoms with Gasteiger partial charge in [-0.25, -0.2) is 0 Å². The Labute approximate surface area is 120 Å². The molecular formula is C15H26O3S. The van der Waals surface area contributed by atoms with Crippen LogP contribution in [0.1, 0.15) is 52.4 Å². The number of carbonyl (C=O) groups is 1. The van der Waals surface area contributed by atoms with E-state index >= 15 is 0 Å². The van der Waals surface area contributed by atoms with Gasteiger partial charge in [0.05, 0.1) is 5.60 Å². The zero-order valence-corrected chi connectivity index (χ0v) is 12.9. The van der Waals surface area contributed by atoms with Crippen molar-refractivity contribution in [3.63, 3.8) is 0 Å². The maximum absolute atomic E-state index is 12.6. The summed E-state index contributed by atoms with van der Waals surface area (Å²) in [4.78, 5) is 12.6. The van der Waals surface area contributed by atoms with E-state index in [2.05, 4.69) is 0 Å². The molecule has 110 valence electrons. The summed E-state index contributed by atoms with van der Waals surface area (Å²) in [7, 11) is 0. The fourth-order valence-electron chi connectivity index (χ4n) is 3.32. The summed E-state index contributed by atoms with van der Waals surface area (Å²) < 4.78 is 6.02. The van der Waals surface area contributed by atoms with E-state index in [-0.39, 0.29) is 17.3 Å². The lowest BCUT2D eigenvalue weighted by Gasteiger charge is -2.44. The fraction of sp³-hybridized carbons (Fsp3) is 0.933. The van der Waals surface area contributed by atoms with Gasteiger partial charge in [-0.05, 0) is 50.0 Å². The largest absolute Gasteiger partial charge is 0.382 e. The molecule has 2 saturated heterocycles. The molecule has 0 amide bonds. The van der Waals surface area contributed by atoms with Gasteiger partial charge in [-0.15, -0.1) is 0 Å². The SMILES string of the molecule is CCC(O)(CC)C(=O)C1CCOC2(CCSCC2)C1. The van der Waals surface area contributed by atoms with E-state index in [0.29, 0.717) is 19.4 Å². The summed E-state index contributed by atoms with van der Waals surface area (Å²) in [6, 6.07) is 0. The third-order valence-corrected chi connectivity index (χ3v) is 5.88. The molecule has 0 aromatic rings.